The van der Waals surface area contributed by atoms with Gasteiger partial charge in [-0.3, -0.25) is 0 Å². The number of hydrogen-bond donors (Lipinski definition) is 1. The lowest BCUT2D eigenvalue weighted by Crippen LogP contribution is -2.22. The van der Waals surface area contributed by atoms with E-state index in [1.54, 1.807) is 6.07 Å². The number of hydrogen-bond acceptors (Lipinski definition) is 1. The summed E-state index contributed by atoms with van der Waals surface area (Å²) in [5.41, 5.74) is 1.13. The summed E-state index contributed by atoms with van der Waals surface area (Å²) >= 11 is 0. The summed E-state index contributed by atoms with van der Waals surface area (Å²) in [6.07, 6.45) is -4.30. The summed E-state index contributed by atoms with van der Waals surface area (Å²) in [4.78, 5) is 0. The molecule has 0 aromatic heterocycles. The van der Waals surface area contributed by atoms with Gasteiger partial charge < -0.3 is 5.32 Å². The predicted molar refractivity (Wildman–Crippen MR) is 77.9 cm³/mol. The minimum Gasteiger partial charge on any atom is -0.304 e. The zero-order valence-electron chi connectivity index (χ0n) is 12.0. The SMILES string of the molecule is CC(NC(C)c1cccc(C(F)(F)F)c1)c1ccccc1. The third-order valence-electron chi connectivity index (χ3n) is 3.51. The molecular weight excluding hydrogens is 275 g/mol. The predicted octanol–water partition coefficient (Wildman–Crippen LogP) is 5.12. The van der Waals surface area contributed by atoms with E-state index in [0.29, 0.717) is 5.56 Å². The van der Waals surface area contributed by atoms with E-state index in [9.17, 15) is 13.2 Å². The molecule has 0 saturated heterocycles. The molecule has 0 radical (unpaired) electrons. The first kappa shape index (κ1) is 15.6. The van der Waals surface area contributed by atoms with Gasteiger partial charge in [-0.15, -0.1) is 0 Å². The van der Waals surface area contributed by atoms with Gasteiger partial charge in [0.2, 0.25) is 0 Å². The third kappa shape index (κ3) is 4.08. The van der Waals surface area contributed by atoms with Crippen LogP contribution < -0.4 is 5.32 Å². The molecule has 112 valence electrons. The molecule has 21 heavy (non-hydrogen) atoms. The average molecular weight is 293 g/mol. The van der Waals surface area contributed by atoms with Crippen molar-refractivity contribution in [3.8, 4) is 0 Å². The van der Waals surface area contributed by atoms with E-state index in [-0.39, 0.29) is 12.1 Å². The van der Waals surface area contributed by atoms with Gasteiger partial charge in [0.05, 0.1) is 5.56 Å². The Hall–Kier alpha value is -1.81. The first-order valence-corrected chi connectivity index (χ1v) is 6.86. The molecule has 0 saturated carbocycles. The first-order chi connectivity index (χ1) is 9.88. The van der Waals surface area contributed by atoms with Crippen molar-refractivity contribution in [2.45, 2.75) is 32.1 Å². The number of benzene rings is 2. The molecule has 0 aliphatic rings. The van der Waals surface area contributed by atoms with Crippen LogP contribution in [0.4, 0.5) is 13.2 Å². The van der Waals surface area contributed by atoms with Gasteiger partial charge in [-0.05, 0) is 37.1 Å². The fraction of sp³-hybridized carbons (Fsp3) is 0.294. The van der Waals surface area contributed by atoms with Crippen molar-refractivity contribution in [2.75, 3.05) is 0 Å². The Labute approximate surface area is 122 Å². The van der Waals surface area contributed by atoms with Crippen LogP contribution in [0.5, 0.6) is 0 Å². The summed E-state index contributed by atoms with van der Waals surface area (Å²) in [5.74, 6) is 0. The molecular formula is C17H18F3N. The first-order valence-electron chi connectivity index (χ1n) is 6.86. The molecule has 2 unspecified atom stereocenters. The van der Waals surface area contributed by atoms with Gasteiger partial charge in [-0.1, -0.05) is 42.5 Å². The minimum absolute atomic E-state index is 0.0655. The Morgan fingerprint density at radius 1 is 0.810 bits per heavy atom. The van der Waals surface area contributed by atoms with Crippen molar-refractivity contribution in [1.29, 1.82) is 0 Å². The molecule has 0 fully saturated rings. The highest BCUT2D eigenvalue weighted by Crippen LogP contribution is 2.31. The molecule has 2 atom stereocenters. The quantitative estimate of drug-likeness (QED) is 0.825. The second-order valence-corrected chi connectivity index (χ2v) is 5.14. The van der Waals surface area contributed by atoms with Gasteiger partial charge in [0.15, 0.2) is 0 Å². The summed E-state index contributed by atoms with van der Waals surface area (Å²) < 4.78 is 38.2. The average Bonchev–Trinajstić information content (AvgIpc) is 2.47. The molecule has 0 heterocycles. The van der Waals surface area contributed by atoms with E-state index < -0.39 is 11.7 Å². The lowest BCUT2D eigenvalue weighted by atomic mass is 10.0. The number of halogens is 3. The maximum atomic E-state index is 12.7. The number of alkyl halides is 3. The molecule has 0 amide bonds. The van der Waals surface area contributed by atoms with Gasteiger partial charge in [0.25, 0.3) is 0 Å². The van der Waals surface area contributed by atoms with Crippen molar-refractivity contribution in [1.82, 2.24) is 5.32 Å². The summed E-state index contributed by atoms with van der Waals surface area (Å²) in [6, 6.07) is 15.2. The van der Waals surface area contributed by atoms with Crippen LogP contribution >= 0.6 is 0 Å². The Balaban J connectivity index is 2.12. The van der Waals surface area contributed by atoms with Crippen LogP contribution in [0.2, 0.25) is 0 Å². The lowest BCUT2D eigenvalue weighted by Gasteiger charge is -2.21. The Bertz CT molecular complexity index is 578. The molecule has 2 aromatic carbocycles. The van der Waals surface area contributed by atoms with E-state index in [4.69, 9.17) is 0 Å². The molecule has 2 rings (SSSR count). The van der Waals surface area contributed by atoms with Crippen molar-refractivity contribution < 1.29 is 13.2 Å². The topological polar surface area (TPSA) is 12.0 Å². The maximum absolute atomic E-state index is 12.7. The third-order valence-corrected chi connectivity index (χ3v) is 3.51. The van der Waals surface area contributed by atoms with Crippen molar-refractivity contribution in [3.63, 3.8) is 0 Å². The highest BCUT2D eigenvalue weighted by molar-refractivity contribution is 5.28. The van der Waals surface area contributed by atoms with E-state index >= 15 is 0 Å². The van der Waals surface area contributed by atoms with E-state index in [0.717, 1.165) is 11.6 Å². The van der Waals surface area contributed by atoms with Crippen molar-refractivity contribution in [3.05, 3.63) is 71.3 Å². The highest BCUT2D eigenvalue weighted by atomic mass is 19.4. The molecule has 1 N–H and O–H groups in total. The summed E-state index contributed by atoms with van der Waals surface area (Å²) in [6.45, 7) is 3.87. The molecule has 0 spiro atoms. The maximum Gasteiger partial charge on any atom is 0.416 e. The van der Waals surface area contributed by atoms with Crippen molar-refractivity contribution >= 4 is 0 Å². The smallest absolute Gasteiger partial charge is 0.304 e. The van der Waals surface area contributed by atoms with Gasteiger partial charge >= 0.3 is 6.18 Å². The van der Waals surface area contributed by atoms with Crippen LogP contribution in [0.3, 0.4) is 0 Å². The van der Waals surface area contributed by atoms with Crippen LogP contribution in [0.1, 0.15) is 42.6 Å². The minimum atomic E-state index is -4.30. The standard InChI is InChI=1S/C17H18F3N/c1-12(14-7-4-3-5-8-14)21-13(2)15-9-6-10-16(11-15)17(18,19)20/h3-13,21H,1-2H3. The number of nitrogens with one attached hydrogen (secondary N) is 1. The Morgan fingerprint density at radius 2 is 1.38 bits per heavy atom. The van der Waals surface area contributed by atoms with Gasteiger partial charge in [0, 0.05) is 12.1 Å². The van der Waals surface area contributed by atoms with Gasteiger partial charge in [0.1, 0.15) is 0 Å². The van der Waals surface area contributed by atoms with Gasteiger partial charge in [-0.2, -0.15) is 13.2 Å². The fourth-order valence-corrected chi connectivity index (χ4v) is 2.29. The molecule has 0 bridgehead atoms. The Morgan fingerprint density at radius 3 is 2.00 bits per heavy atom. The highest BCUT2D eigenvalue weighted by Gasteiger charge is 2.30. The summed E-state index contributed by atoms with van der Waals surface area (Å²) in [5, 5.41) is 3.32. The molecule has 4 heteroatoms. The zero-order valence-corrected chi connectivity index (χ0v) is 12.0. The van der Waals surface area contributed by atoms with Crippen LogP contribution in [-0.4, -0.2) is 0 Å². The second-order valence-electron chi connectivity index (χ2n) is 5.14. The number of rotatable bonds is 4. The molecule has 2 aromatic rings. The van der Waals surface area contributed by atoms with E-state index in [1.165, 1.54) is 12.1 Å². The van der Waals surface area contributed by atoms with Crippen LogP contribution in [-0.2, 0) is 6.18 Å². The van der Waals surface area contributed by atoms with E-state index in [1.807, 2.05) is 44.2 Å². The molecule has 0 aliphatic heterocycles. The summed E-state index contributed by atoms with van der Waals surface area (Å²) in [7, 11) is 0. The largest absolute Gasteiger partial charge is 0.416 e. The zero-order chi connectivity index (χ0) is 15.5. The van der Waals surface area contributed by atoms with E-state index in [2.05, 4.69) is 5.32 Å². The molecule has 0 aliphatic carbocycles. The lowest BCUT2D eigenvalue weighted by molar-refractivity contribution is -0.137. The molecule has 1 nitrogen and oxygen atoms in total. The van der Waals surface area contributed by atoms with Crippen LogP contribution in [0.15, 0.2) is 54.6 Å². The fourth-order valence-electron chi connectivity index (χ4n) is 2.29. The monoisotopic (exact) mass is 293 g/mol. The van der Waals surface area contributed by atoms with Gasteiger partial charge in [-0.25, -0.2) is 0 Å². The van der Waals surface area contributed by atoms with Crippen LogP contribution in [0, 0.1) is 0 Å². The van der Waals surface area contributed by atoms with Crippen LogP contribution in [0.25, 0.3) is 0 Å². The van der Waals surface area contributed by atoms with Crippen molar-refractivity contribution in [2.24, 2.45) is 0 Å². The second kappa shape index (κ2) is 6.31. The Kier molecular flexibility index (Phi) is 4.68. The normalized spacial score (nSPS) is 14.7.